The Labute approximate surface area is 167 Å². The van der Waals surface area contributed by atoms with E-state index in [2.05, 4.69) is 0 Å². The van der Waals surface area contributed by atoms with Crippen LogP contribution in [-0.2, 0) is 25.6 Å². The van der Waals surface area contributed by atoms with Gasteiger partial charge in [0.05, 0.1) is 6.61 Å². The van der Waals surface area contributed by atoms with Crippen LogP contribution in [0.5, 0.6) is 0 Å². The largest absolute Gasteiger partial charge is 0.365 e. The molecule has 0 bridgehead atoms. The average Bonchev–Trinajstić information content (AvgIpc) is 3.15. The van der Waals surface area contributed by atoms with E-state index < -0.39 is 23.8 Å². The van der Waals surface area contributed by atoms with Crippen LogP contribution >= 0.6 is 0 Å². The van der Waals surface area contributed by atoms with Crippen LogP contribution in [0.3, 0.4) is 0 Å². The van der Waals surface area contributed by atoms with Crippen LogP contribution in [0.1, 0.15) is 69.8 Å². The van der Waals surface area contributed by atoms with Gasteiger partial charge in [-0.3, -0.25) is 9.59 Å². The molecule has 4 aliphatic rings. The molecule has 29 heavy (non-hydrogen) atoms. The molecule has 2 unspecified atom stereocenters. The van der Waals surface area contributed by atoms with E-state index >= 15 is 0 Å². The molecule has 0 amide bonds. The minimum absolute atomic E-state index is 0.135. The van der Waals surface area contributed by atoms with Crippen LogP contribution < -0.4 is 0 Å². The van der Waals surface area contributed by atoms with Crippen LogP contribution in [0.25, 0.3) is 0 Å². The average molecular weight is 392 g/mol. The van der Waals surface area contributed by atoms with Crippen molar-refractivity contribution in [2.75, 3.05) is 0 Å². The molecule has 3 heterocycles. The fourth-order valence-electron chi connectivity index (χ4n) is 5.08. The molecule has 2 aromatic carbocycles. The van der Waals surface area contributed by atoms with Gasteiger partial charge in [0.2, 0.25) is 0 Å². The minimum Gasteiger partial charge on any atom is -0.365 e. The van der Waals surface area contributed by atoms with Gasteiger partial charge in [-0.15, -0.1) is 0 Å². The molecule has 0 radical (unpaired) electrons. The number of ether oxygens (including phenoxy) is 4. The summed E-state index contributed by atoms with van der Waals surface area (Å²) in [5.41, 5.74) is 2.57. The van der Waals surface area contributed by atoms with Crippen LogP contribution in [-0.4, -0.2) is 35.3 Å². The van der Waals surface area contributed by atoms with Crippen molar-refractivity contribution >= 4 is 11.6 Å². The van der Waals surface area contributed by atoms with E-state index in [-0.39, 0.29) is 24.3 Å². The number of hydrogen-bond acceptors (Lipinski definition) is 6. The summed E-state index contributed by atoms with van der Waals surface area (Å²) in [4.78, 5) is 26.3. The van der Waals surface area contributed by atoms with Gasteiger partial charge < -0.3 is 18.9 Å². The molecule has 2 fully saturated rings. The smallest absolute Gasteiger partial charge is 0.194 e. The zero-order valence-corrected chi connectivity index (χ0v) is 16.4. The summed E-state index contributed by atoms with van der Waals surface area (Å²) in [7, 11) is 0. The molecule has 0 saturated carbocycles. The number of hydrogen-bond donors (Lipinski definition) is 0. The van der Waals surface area contributed by atoms with Gasteiger partial charge in [0.15, 0.2) is 23.6 Å². The van der Waals surface area contributed by atoms with Crippen LogP contribution in [0.2, 0.25) is 0 Å². The van der Waals surface area contributed by atoms with E-state index in [4.69, 9.17) is 18.9 Å². The Morgan fingerprint density at radius 3 is 2.38 bits per heavy atom. The van der Waals surface area contributed by atoms with Crippen LogP contribution in [0.15, 0.2) is 36.4 Å². The second-order valence-corrected chi connectivity index (χ2v) is 8.67. The molecule has 6 nitrogen and oxygen atoms in total. The Kier molecular flexibility index (Phi) is 3.25. The van der Waals surface area contributed by atoms with Crippen molar-refractivity contribution in [3.05, 3.63) is 69.8 Å². The zero-order chi connectivity index (χ0) is 20.1. The molecule has 148 valence electrons. The van der Waals surface area contributed by atoms with Crippen molar-refractivity contribution < 1.29 is 28.5 Å². The topological polar surface area (TPSA) is 71.1 Å². The maximum atomic E-state index is 13.3. The Balaban J connectivity index is 1.48. The van der Waals surface area contributed by atoms with Gasteiger partial charge in [-0.2, -0.15) is 0 Å². The number of carbonyl (C=O) groups excluding carboxylic acids is 2. The lowest BCUT2D eigenvalue weighted by atomic mass is 9.77. The number of fused-ring (bicyclic) bond motifs is 8. The first-order chi connectivity index (χ1) is 13.8. The molecule has 2 aromatic rings. The van der Waals surface area contributed by atoms with Gasteiger partial charge in [0, 0.05) is 22.3 Å². The molecule has 1 aliphatic carbocycles. The Morgan fingerprint density at radius 2 is 1.62 bits per heavy atom. The lowest BCUT2D eigenvalue weighted by Gasteiger charge is -2.40. The van der Waals surface area contributed by atoms with Crippen molar-refractivity contribution in [2.24, 2.45) is 0 Å². The summed E-state index contributed by atoms with van der Waals surface area (Å²) in [6.07, 6.45) is -1.35. The Hall–Kier alpha value is -2.38. The molecule has 3 aliphatic heterocycles. The number of ketones is 2. The predicted octanol–water partition coefficient (Wildman–Crippen LogP) is 3.30. The fourth-order valence-corrected chi connectivity index (χ4v) is 5.08. The van der Waals surface area contributed by atoms with Crippen molar-refractivity contribution in [2.45, 2.75) is 57.3 Å². The third-order valence-electron chi connectivity index (χ3n) is 6.46. The van der Waals surface area contributed by atoms with Gasteiger partial charge in [-0.1, -0.05) is 30.3 Å². The quantitative estimate of drug-likeness (QED) is 0.585. The van der Waals surface area contributed by atoms with Gasteiger partial charge in [0.1, 0.15) is 17.8 Å². The molecular formula is C23H20O6. The first kappa shape index (κ1) is 17.5. The normalized spacial score (nSPS) is 33.6. The van der Waals surface area contributed by atoms with Gasteiger partial charge >= 0.3 is 0 Å². The van der Waals surface area contributed by atoms with E-state index in [9.17, 15) is 9.59 Å². The van der Waals surface area contributed by atoms with E-state index in [1.807, 2.05) is 26.8 Å². The molecule has 6 heteroatoms. The number of carbonyl (C=O) groups is 2. The molecule has 4 atom stereocenters. The van der Waals surface area contributed by atoms with E-state index in [0.29, 0.717) is 22.3 Å². The molecule has 2 saturated heterocycles. The van der Waals surface area contributed by atoms with Crippen LogP contribution in [0, 0.1) is 0 Å². The summed E-state index contributed by atoms with van der Waals surface area (Å²) >= 11 is 0. The predicted molar refractivity (Wildman–Crippen MR) is 101 cm³/mol. The summed E-state index contributed by atoms with van der Waals surface area (Å²) in [6, 6.07) is 10.6. The van der Waals surface area contributed by atoms with E-state index in [0.717, 1.165) is 11.1 Å². The summed E-state index contributed by atoms with van der Waals surface area (Å²) in [6.45, 7) is 5.87. The second kappa shape index (κ2) is 5.40. The Bertz CT molecular complexity index is 1100. The monoisotopic (exact) mass is 392 g/mol. The maximum Gasteiger partial charge on any atom is 0.194 e. The summed E-state index contributed by atoms with van der Waals surface area (Å²) < 4.78 is 24.4. The van der Waals surface area contributed by atoms with Gasteiger partial charge in [-0.05, 0) is 38.0 Å². The first-order valence-electron chi connectivity index (χ1n) is 9.79. The third kappa shape index (κ3) is 2.15. The maximum absolute atomic E-state index is 13.3. The first-order valence-corrected chi connectivity index (χ1v) is 9.79. The number of benzene rings is 2. The molecule has 0 aromatic heterocycles. The lowest BCUT2D eigenvalue weighted by molar-refractivity contribution is -0.241. The van der Waals surface area contributed by atoms with Crippen molar-refractivity contribution in [3.63, 3.8) is 0 Å². The zero-order valence-electron chi connectivity index (χ0n) is 16.4. The SMILES string of the molecule is CC1(C)OC2O[C@@H]3c4ccc5c(c4CO[C@@]3(C)C2O1)C(=O)c1ccccc1C5=O. The van der Waals surface area contributed by atoms with Crippen LogP contribution in [0.4, 0.5) is 0 Å². The third-order valence-corrected chi connectivity index (χ3v) is 6.46. The highest BCUT2D eigenvalue weighted by molar-refractivity contribution is 6.29. The van der Waals surface area contributed by atoms with Crippen molar-refractivity contribution in [3.8, 4) is 0 Å². The highest BCUT2D eigenvalue weighted by Gasteiger charge is 2.64. The molecule has 6 rings (SSSR count). The van der Waals surface area contributed by atoms with Crippen molar-refractivity contribution in [1.29, 1.82) is 0 Å². The summed E-state index contributed by atoms with van der Waals surface area (Å²) in [5.74, 6) is -1.02. The number of rotatable bonds is 0. The Morgan fingerprint density at radius 1 is 0.897 bits per heavy atom. The fraction of sp³-hybridized carbons (Fsp3) is 0.391. The highest BCUT2D eigenvalue weighted by atomic mass is 16.8. The standard InChI is InChI=1S/C23H20O6/c1-22(2)28-20-21(29-22)27-19-13-8-9-14-16(15(13)10-26-23(19,20)3)18(25)12-7-5-4-6-11(12)17(14)24/h4-9,19-21H,10H2,1-3H3/t19-,20?,21?,23-/m1/s1. The minimum atomic E-state index is -0.741. The summed E-state index contributed by atoms with van der Waals surface area (Å²) in [5, 5.41) is 0. The molecular weight excluding hydrogens is 372 g/mol. The second-order valence-electron chi connectivity index (χ2n) is 8.67. The van der Waals surface area contributed by atoms with Crippen molar-refractivity contribution in [1.82, 2.24) is 0 Å². The highest BCUT2D eigenvalue weighted by Crippen LogP contribution is 2.54. The van der Waals surface area contributed by atoms with Gasteiger partial charge in [0.25, 0.3) is 0 Å². The van der Waals surface area contributed by atoms with E-state index in [1.54, 1.807) is 30.3 Å². The molecule has 0 spiro atoms. The molecule has 0 N–H and O–H groups in total. The lowest BCUT2D eigenvalue weighted by Crippen LogP contribution is -2.47. The van der Waals surface area contributed by atoms with E-state index in [1.165, 1.54) is 0 Å². The van der Waals surface area contributed by atoms with Gasteiger partial charge in [-0.25, -0.2) is 0 Å².